The topological polar surface area (TPSA) is 70.3 Å². The van der Waals surface area contributed by atoms with Crippen LogP contribution in [0.25, 0.3) is 6.08 Å². The molecule has 0 spiro atoms. The highest BCUT2D eigenvalue weighted by Crippen LogP contribution is 2.35. The van der Waals surface area contributed by atoms with E-state index >= 15 is 0 Å². The highest BCUT2D eigenvalue weighted by atomic mass is 16.5. The lowest BCUT2D eigenvalue weighted by Gasteiger charge is -2.31. The van der Waals surface area contributed by atoms with Crippen LogP contribution in [0.3, 0.4) is 0 Å². The summed E-state index contributed by atoms with van der Waals surface area (Å²) in [7, 11) is 0. The van der Waals surface area contributed by atoms with Crippen LogP contribution >= 0.6 is 0 Å². The minimum absolute atomic E-state index is 0.266. The van der Waals surface area contributed by atoms with Gasteiger partial charge in [-0.05, 0) is 74.6 Å². The summed E-state index contributed by atoms with van der Waals surface area (Å²) in [6.07, 6.45) is 7.42. The zero-order valence-electron chi connectivity index (χ0n) is 20.3. The van der Waals surface area contributed by atoms with Crippen LogP contribution in [0.4, 0.5) is 5.69 Å². The first-order chi connectivity index (χ1) is 16.6. The summed E-state index contributed by atoms with van der Waals surface area (Å²) < 4.78 is 10.8. The maximum Gasteiger partial charge on any atom is 0.274 e. The third kappa shape index (κ3) is 5.42. The molecule has 1 aromatic carbocycles. The van der Waals surface area contributed by atoms with E-state index in [-0.39, 0.29) is 5.91 Å². The highest BCUT2D eigenvalue weighted by molar-refractivity contribution is 5.95. The molecule has 1 amide bonds. The molecule has 7 nitrogen and oxygen atoms in total. The molecular formula is C27H34N4O3. The quantitative estimate of drug-likeness (QED) is 0.458. The molecule has 34 heavy (non-hydrogen) atoms. The Morgan fingerprint density at radius 1 is 1.12 bits per heavy atom. The van der Waals surface area contributed by atoms with Gasteiger partial charge in [0.15, 0.2) is 0 Å². The van der Waals surface area contributed by atoms with Gasteiger partial charge in [-0.2, -0.15) is 5.10 Å². The number of hydrogen-bond acceptors (Lipinski definition) is 6. The van der Waals surface area contributed by atoms with E-state index in [0.29, 0.717) is 11.3 Å². The van der Waals surface area contributed by atoms with E-state index in [9.17, 15) is 4.79 Å². The van der Waals surface area contributed by atoms with Crippen LogP contribution in [0.1, 0.15) is 48.4 Å². The van der Waals surface area contributed by atoms with Gasteiger partial charge in [0.05, 0.1) is 31.3 Å². The van der Waals surface area contributed by atoms with Gasteiger partial charge in [0.25, 0.3) is 5.91 Å². The fourth-order valence-electron chi connectivity index (χ4n) is 4.59. The van der Waals surface area contributed by atoms with Crippen LogP contribution < -0.4 is 10.3 Å². The number of hydrogen-bond donors (Lipinski definition) is 1. The lowest BCUT2D eigenvalue weighted by molar-refractivity contribution is 0.0548. The maximum atomic E-state index is 12.4. The number of anilines is 1. The Hall–Kier alpha value is -3.32. The van der Waals surface area contributed by atoms with Crippen molar-refractivity contribution in [1.29, 1.82) is 0 Å². The second-order valence-corrected chi connectivity index (χ2v) is 8.50. The lowest BCUT2D eigenvalue weighted by atomic mass is 10.1. The average Bonchev–Trinajstić information content (AvgIpc) is 3.47. The molecule has 1 fully saturated rings. The molecule has 2 heterocycles. The number of furan rings is 1. The molecule has 7 heteroatoms. The number of nitrogens with one attached hydrogen (secondary N) is 1. The summed E-state index contributed by atoms with van der Waals surface area (Å²) in [5, 5.41) is 4.27. The number of ether oxygens (including phenoxy) is 1. The van der Waals surface area contributed by atoms with Crippen molar-refractivity contribution in [3.05, 3.63) is 70.3 Å². The predicted molar refractivity (Wildman–Crippen MR) is 136 cm³/mol. The van der Waals surface area contributed by atoms with Crippen LogP contribution in [-0.2, 0) is 4.74 Å². The minimum Gasteiger partial charge on any atom is -0.469 e. The number of allylic oxidation sites excluding steroid dienone is 2. The fraction of sp³-hybridized carbons (Fsp3) is 0.407. The van der Waals surface area contributed by atoms with Gasteiger partial charge in [0.2, 0.25) is 0 Å². The van der Waals surface area contributed by atoms with Crippen LogP contribution in [0.2, 0.25) is 0 Å². The van der Waals surface area contributed by atoms with E-state index in [1.807, 2.05) is 0 Å². The Kier molecular flexibility index (Phi) is 7.85. The maximum absolute atomic E-state index is 12.4. The first kappa shape index (κ1) is 23.8. The Balaban J connectivity index is 1.56. The molecule has 0 atom stereocenters. The zero-order chi connectivity index (χ0) is 23.9. The molecule has 0 bridgehead atoms. The van der Waals surface area contributed by atoms with Crippen molar-refractivity contribution in [1.82, 2.24) is 10.3 Å². The summed E-state index contributed by atoms with van der Waals surface area (Å²) in [4.78, 5) is 17.1. The smallest absolute Gasteiger partial charge is 0.274 e. The summed E-state index contributed by atoms with van der Waals surface area (Å²) in [5.74, 6) is 0.317. The number of benzene rings is 1. The molecule has 1 saturated heterocycles. The van der Waals surface area contributed by atoms with E-state index < -0.39 is 0 Å². The van der Waals surface area contributed by atoms with Crippen LogP contribution in [0.15, 0.2) is 63.0 Å². The molecule has 1 aliphatic carbocycles. The van der Waals surface area contributed by atoms with Crippen molar-refractivity contribution >= 4 is 23.9 Å². The number of carbonyl (C=O) groups excluding carboxylic acids is 1. The number of nitrogens with zero attached hydrogens (tertiary/aromatic N) is 3. The van der Waals surface area contributed by atoms with Gasteiger partial charge in [0, 0.05) is 37.6 Å². The third-order valence-electron chi connectivity index (χ3n) is 6.45. The molecule has 1 aromatic heterocycles. The molecule has 2 aromatic rings. The Morgan fingerprint density at radius 2 is 1.85 bits per heavy atom. The zero-order valence-corrected chi connectivity index (χ0v) is 20.3. The number of morpholine rings is 1. The molecule has 1 N–H and O–H groups in total. The minimum atomic E-state index is -0.266. The third-order valence-corrected chi connectivity index (χ3v) is 6.45. The average molecular weight is 463 g/mol. The van der Waals surface area contributed by atoms with Crippen LogP contribution in [-0.4, -0.2) is 56.4 Å². The summed E-state index contributed by atoms with van der Waals surface area (Å²) in [5.41, 5.74) is 9.23. The van der Waals surface area contributed by atoms with Gasteiger partial charge >= 0.3 is 0 Å². The predicted octanol–water partition coefficient (Wildman–Crippen LogP) is 4.61. The van der Waals surface area contributed by atoms with Crippen molar-refractivity contribution in [2.75, 3.05) is 44.3 Å². The van der Waals surface area contributed by atoms with E-state index in [4.69, 9.17) is 9.15 Å². The SMILES string of the molecule is CCN(CC)c1ccc(C=C2CCC(C=NNC(=O)c3ccoc3C)=C2N2CCOCC2)cc1. The normalized spacial score (nSPS) is 17.7. The first-order valence-corrected chi connectivity index (χ1v) is 12.1. The number of carbonyl (C=O) groups is 1. The molecule has 0 radical (unpaired) electrons. The van der Waals surface area contributed by atoms with Gasteiger partial charge in [-0.3, -0.25) is 4.79 Å². The molecule has 2 aliphatic rings. The molecule has 0 saturated carbocycles. The number of hydrazone groups is 1. The van der Waals surface area contributed by atoms with Gasteiger partial charge < -0.3 is 19.0 Å². The number of aryl methyl sites for hydroxylation is 1. The second kappa shape index (κ2) is 11.2. The standard InChI is InChI=1S/C27H34N4O3/c1-4-30(5-2)24-10-6-21(7-11-24)18-22-8-9-23(26(22)31-13-16-33-17-14-31)19-28-29-27(32)25-12-15-34-20(25)3/h6-7,10-12,15,18-19H,4-5,8-9,13-14,16-17H2,1-3H3,(H,29,32). The van der Waals surface area contributed by atoms with Gasteiger partial charge in [-0.1, -0.05) is 12.1 Å². The van der Waals surface area contributed by atoms with Gasteiger partial charge in [-0.25, -0.2) is 5.43 Å². The van der Waals surface area contributed by atoms with Gasteiger partial charge in [0.1, 0.15) is 5.76 Å². The van der Waals surface area contributed by atoms with Gasteiger partial charge in [-0.15, -0.1) is 0 Å². The summed E-state index contributed by atoms with van der Waals surface area (Å²) in [6, 6.07) is 10.4. The van der Waals surface area contributed by atoms with E-state index in [2.05, 4.69) is 64.5 Å². The fourth-order valence-corrected chi connectivity index (χ4v) is 4.59. The van der Waals surface area contributed by atoms with Crippen LogP contribution in [0, 0.1) is 6.92 Å². The molecule has 180 valence electrons. The summed E-state index contributed by atoms with van der Waals surface area (Å²) >= 11 is 0. The van der Waals surface area contributed by atoms with E-state index in [0.717, 1.165) is 57.8 Å². The number of rotatable bonds is 8. The van der Waals surface area contributed by atoms with Crippen molar-refractivity contribution < 1.29 is 13.9 Å². The first-order valence-electron chi connectivity index (χ1n) is 12.1. The summed E-state index contributed by atoms with van der Waals surface area (Å²) in [6.45, 7) is 11.3. The number of amides is 1. The highest BCUT2D eigenvalue weighted by Gasteiger charge is 2.25. The Bertz CT molecular complexity index is 1070. The lowest BCUT2D eigenvalue weighted by Crippen LogP contribution is -2.36. The molecule has 4 rings (SSSR count). The molecule has 0 unspecified atom stereocenters. The van der Waals surface area contributed by atoms with Crippen molar-refractivity contribution in [2.24, 2.45) is 5.10 Å². The second-order valence-electron chi connectivity index (χ2n) is 8.50. The molecular weight excluding hydrogens is 428 g/mol. The van der Waals surface area contributed by atoms with Crippen molar-refractivity contribution in [3.63, 3.8) is 0 Å². The van der Waals surface area contributed by atoms with E-state index in [1.54, 1.807) is 19.2 Å². The van der Waals surface area contributed by atoms with Crippen molar-refractivity contribution in [2.45, 2.75) is 33.6 Å². The van der Waals surface area contributed by atoms with Crippen molar-refractivity contribution in [3.8, 4) is 0 Å². The largest absolute Gasteiger partial charge is 0.469 e. The monoisotopic (exact) mass is 462 g/mol. The molecule has 1 aliphatic heterocycles. The van der Waals surface area contributed by atoms with E-state index in [1.165, 1.54) is 28.8 Å². The van der Waals surface area contributed by atoms with Crippen LogP contribution in [0.5, 0.6) is 0 Å². The Morgan fingerprint density at radius 3 is 2.50 bits per heavy atom. The Labute approximate surface area is 201 Å².